The van der Waals surface area contributed by atoms with E-state index in [1.807, 2.05) is 13.2 Å². The highest BCUT2D eigenvalue weighted by molar-refractivity contribution is 8.11. The van der Waals surface area contributed by atoms with Gasteiger partial charge in [-0.05, 0) is 26.2 Å². The van der Waals surface area contributed by atoms with Crippen LogP contribution >= 0.6 is 11.8 Å². The number of thioether (sulfide) groups is 1. The SMILES string of the molecule is CSC=N/C(C)=C\C(C)=N. The number of aliphatic imine (C=N–C) groups is 1. The molecule has 0 aromatic rings. The average Bonchev–Trinajstić information content (AvgIpc) is 1.82. The molecule has 10 heavy (non-hydrogen) atoms. The molecule has 0 unspecified atom stereocenters. The van der Waals surface area contributed by atoms with Gasteiger partial charge in [-0.25, -0.2) is 0 Å². The maximum atomic E-state index is 7.10. The summed E-state index contributed by atoms with van der Waals surface area (Å²) in [6, 6.07) is 0. The Bertz CT molecular complexity index is 170. The lowest BCUT2D eigenvalue weighted by Crippen LogP contribution is -1.81. The standard InChI is InChI=1S/C7H12N2S/c1-6(8)4-7(2)9-5-10-3/h4-5,8H,1-3H3/b7-4-,8-6?,9-5?. The van der Waals surface area contributed by atoms with Crippen molar-refractivity contribution in [2.45, 2.75) is 13.8 Å². The Morgan fingerprint density at radius 2 is 2.10 bits per heavy atom. The van der Waals surface area contributed by atoms with Crippen LogP contribution in [0.25, 0.3) is 0 Å². The quantitative estimate of drug-likeness (QED) is 0.494. The Kier molecular flexibility index (Phi) is 4.94. The zero-order valence-electron chi connectivity index (χ0n) is 6.51. The summed E-state index contributed by atoms with van der Waals surface area (Å²) < 4.78 is 0. The first-order valence-corrected chi connectivity index (χ1v) is 4.24. The first-order valence-electron chi connectivity index (χ1n) is 2.95. The van der Waals surface area contributed by atoms with Gasteiger partial charge in [-0.3, -0.25) is 4.99 Å². The maximum Gasteiger partial charge on any atom is 0.0597 e. The Morgan fingerprint density at radius 3 is 2.50 bits per heavy atom. The highest BCUT2D eigenvalue weighted by Crippen LogP contribution is 1.96. The number of hydrogen-bond acceptors (Lipinski definition) is 3. The number of allylic oxidation sites excluding steroid dienone is 2. The van der Waals surface area contributed by atoms with Gasteiger partial charge in [0.15, 0.2) is 0 Å². The van der Waals surface area contributed by atoms with Crippen molar-refractivity contribution in [3.05, 3.63) is 11.8 Å². The van der Waals surface area contributed by atoms with Crippen molar-refractivity contribution in [3.8, 4) is 0 Å². The number of hydrogen-bond donors (Lipinski definition) is 1. The topological polar surface area (TPSA) is 36.2 Å². The number of rotatable bonds is 3. The predicted molar refractivity (Wildman–Crippen MR) is 49.2 cm³/mol. The summed E-state index contributed by atoms with van der Waals surface area (Å²) >= 11 is 1.55. The number of nitrogens with zero attached hydrogens (tertiary/aromatic N) is 1. The molecule has 0 aromatic heterocycles. The summed E-state index contributed by atoms with van der Waals surface area (Å²) in [5.41, 5.74) is 3.17. The summed E-state index contributed by atoms with van der Waals surface area (Å²) in [6.45, 7) is 3.61. The fraction of sp³-hybridized carbons (Fsp3) is 0.429. The molecule has 0 heterocycles. The highest BCUT2D eigenvalue weighted by atomic mass is 32.2. The van der Waals surface area contributed by atoms with Crippen LogP contribution in [0.15, 0.2) is 16.8 Å². The Labute approximate surface area is 65.9 Å². The molecular formula is C7H12N2S. The lowest BCUT2D eigenvalue weighted by molar-refractivity contribution is 1.32. The Balaban J connectivity index is 3.94. The van der Waals surface area contributed by atoms with E-state index >= 15 is 0 Å². The fourth-order valence-corrected chi connectivity index (χ4v) is 0.758. The van der Waals surface area contributed by atoms with Crippen LogP contribution in [-0.4, -0.2) is 17.5 Å². The van der Waals surface area contributed by atoms with Gasteiger partial charge in [-0.1, -0.05) is 0 Å². The molecule has 0 rings (SSSR count). The zero-order chi connectivity index (χ0) is 7.98. The van der Waals surface area contributed by atoms with Gasteiger partial charge in [-0.15, -0.1) is 11.8 Å². The minimum atomic E-state index is 0.538. The van der Waals surface area contributed by atoms with Crippen molar-refractivity contribution in [3.63, 3.8) is 0 Å². The molecule has 0 spiro atoms. The van der Waals surface area contributed by atoms with E-state index < -0.39 is 0 Å². The van der Waals surface area contributed by atoms with Crippen LogP contribution in [0.1, 0.15) is 13.8 Å². The summed E-state index contributed by atoms with van der Waals surface area (Å²) in [7, 11) is 0. The van der Waals surface area contributed by atoms with Gasteiger partial charge in [0.1, 0.15) is 0 Å². The fourth-order valence-electron chi connectivity index (χ4n) is 0.486. The van der Waals surface area contributed by atoms with Crippen LogP contribution in [0.4, 0.5) is 0 Å². The molecule has 3 heteroatoms. The van der Waals surface area contributed by atoms with E-state index in [1.54, 1.807) is 30.3 Å². The smallest absolute Gasteiger partial charge is 0.0597 e. The van der Waals surface area contributed by atoms with Gasteiger partial charge in [0.2, 0.25) is 0 Å². The van der Waals surface area contributed by atoms with Crippen molar-refractivity contribution in [2.75, 3.05) is 6.26 Å². The van der Waals surface area contributed by atoms with E-state index in [2.05, 4.69) is 4.99 Å². The summed E-state index contributed by atoms with van der Waals surface area (Å²) in [6.07, 6.45) is 3.68. The second kappa shape index (κ2) is 5.23. The van der Waals surface area contributed by atoms with Gasteiger partial charge in [0.05, 0.1) is 5.55 Å². The van der Waals surface area contributed by atoms with Crippen molar-refractivity contribution in [1.82, 2.24) is 0 Å². The molecule has 0 atom stereocenters. The molecule has 56 valence electrons. The van der Waals surface area contributed by atoms with Gasteiger partial charge >= 0.3 is 0 Å². The molecule has 0 aliphatic heterocycles. The molecule has 0 saturated heterocycles. The summed E-state index contributed by atoms with van der Waals surface area (Å²) in [5, 5.41) is 7.10. The molecule has 0 amide bonds. The van der Waals surface area contributed by atoms with Crippen LogP contribution < -0.4 is 0 Å². The molecule has 0 saturated carbocycles. The molecule has 0 radical (unpaired) electrons. The lowest BCUT2D eigenvalue weighted by atomic mass is 10.3. The second-order valence-corrected chi connectivity index (χ2v) is 2.62. The lowest BCUT2D eigenvalue weighted by Gasteiger charge is -1.88. The van der Waals surface area contributed by atoms with Crippen LogP contribution in [0.2, 0.25) is 0 Å². The largest absolute Gasteiger partial charge is 0.306 e. The molecule has 0 aliphatic carbocycles. The van der Waals surface area contributed by atoms with Gasteiger partial charge in [0, 0.05) is 11.4 Å². The monoisotopic (exact) mass is 156 g/mol. The van der Waals surface area contributed by atoms with E-state index in [-0.39, 0.29) is 0 Å². The van der Waals surface area contributed by atoms with Gasteiger partial charge in [-0.2, -0.15) is 0 Å². The second-order valence-electron chi connectivity index (χ2n) is 1.94. The first-order chi connectivity index (χ1) is 4.66. The normalized spacial score (nSPS) is 12.5. The van der Waals surface area contributed by atoms with E-state index in [4.69, 9.17) is 5.41 Å². The minimum Gasteiger partial charge on any atom is -0.306 e. The van der Waals surface area contributed by atoms with Crippen LogP contribution in [-0.2, 0) is 0 Å². The van der Waals surface area contributed by atoms with Crippen molar-refractivity contribution >= 4 is 23.0 Å². The zero-order valence-corrected chi connectivity index (χ0v) is 7.33. The number of nitrogens with one attached hydrogen (secondary N) is 1. The third kappa shape index (κ3) is 5.56. The van der Waals surface area contributed by atoms with E-state index in [0.29, 0.717) is 5.71 Å². The third-order valence-electron chi connectivity index (χ3n) is 0.787. The third-order valence-corrected chi connectivity index (χ3v) is 1.10. The summed E-state index contributed by atoms with van der Waals surface area (Å²) in [4.78, 5) is 4.04. The molecule has 0 aromatic carbocycles. The van der Waals surface area contributed by atoms with Crippen molar-refractivity contribution in [1.29, 1.82) is 5.41 Å². The Hall–Kier alpha value is -0.570. The Morgan fingerprint density at radius 1 is 1.50 bits per heavy atom. The highest BCUT2D eigenvalue weighted by Gasteiger charge is 1.82. The van der Waals surface area contributed by atoms with E-state index in [1.165, 1.54) is 0 Å². The molecule has 0 aliphatic rings. The molecule has 1 N–H and O–H groups in total. The van der Waals surface area contributed by atoms with Crippen LogP contribution in [0.5, 0.6) is 0 Å². The van der Waals surface area contributed by atoms with Crippen LogP contribution in [0.3, 0.4) is 0 Å². The van der Waals surface area contributed by atoms with Crippen molar-refractivity contribution < 1.29 is 0 Å². The van der Waals surface area contributed by atoms with Crippen LogP contribution in [0, 0.1) is 5.41 Å². The predicted octanol–water partition coefficient (Wildman–Crippen LogP) is 2.32. The van der Waals surface area contributed by atoms with Gasteiger partial charge in [0.25, 0.3) is 0 Å². The molecule has 0 fully saturated rings. The van der Waals surface area contributed by atoms with Crippen molar-refractivity contribution in [2.24, 2.45) is 4.99 Å². The molecular weight excluding hydrogens is 144 g/mol. The molecule has 2 nitrogen and oxygen atoms in total. The van der Waals surface area contributed by atoms with E-state index in [0.717, 1.165) is 5.70 Å². The average molecular weight is 156 g/mol. The summed E-state index contributed by atoms with van der Waals surface area (Å²) in [5.74, 6) is 0. The maximum absolute atomic E-state index is 7.10. The minimum absolute atomic E-state index is 0.538. The molecule has 0 bridgehead atoms. The van der Waals surface area contributed by atoms with E-state index in [9.17, 15) is 0 Å². The van der Waals surface area contributed by atoms with Gasteiger partial charge < -0.3 is 5.41 Å². The first kappa shape index (κ1) is 9.43.